The number of nitrogens with zero attached hydrogens (tertiary/aromatic N) is 1. The van der Waals surface area contributed by atoms with Crippen LogP contribution in [0.25, 0.3) is 6.08 Å². The fourth-order valence-corrected chi connectivity index (χ4v) is 1.93. The van der Waals surface area contributed by atoms with Crippen LogP contribution in [0.3, 0.4) is 0 Å². The number of carbonyl (C=O) groups is 1. The van der Waals surface area contributed by atoms with E-state index in [1.807, 2.05) is 0 Å². The molecule has 0 N–H and O–H groups in total. The van der Waals surface area contributed by atoms with Crippen molar-refractivity contribution in [1.29, 1.82) is 0 Å². The minimum Gasteiger partial charge on any atom is -0.330 e. The lowest BCUT2D eigenvalue weighted by molar-refractivity contribution is -0.160. The van der Waals surface area contributed by atoms with Gasteiger partial charge in [0, 0.05) is 18.2 Å². The van der Waals surface area contributed by atoms with E-state index in [2.05, 4.69) is 0 Å². The van der Waals surface area contributed by atoms with Gasteiger partial charge in [0.25, 0.3) is 0 Å². The van der Waals surface area contributed by atoms with Gasteiger partial charge in [-0.2, -0.15) is 13.2 Å². The highest BCUT2D eigenvalue weighted by molar-refractivity contribution is 5.91. The normalized spacial score (nSPS) is 12.7. The molecule has 128 valence electrons. The molecule has 0 bridgehead atoms. The molecule has 2 nitrogen and oxygen atoms in total. The quantitative estimate of drug-likeness (QED) is 0.589. The summed E-state index contributed by atoms with van der Waals surface area (Å²) in [7, 11) is 0. The van der Waals surface area contributed by atoms with Crippen LogP contribution in [0.4, 0.5) is 22.0 Å². The fourth-order valence-electron chi connectivity index (χ4n) is 1.93. The summed E-state index contributed by atoms with van der Waals surface area (Å²) >= 11 is 0. The molecule has 0 atom stereocenters. The van der Waals surface area contributed by atoms with Gasteiger partial charge in [-0.3, -0.25) is 4.79 Å². The molecule has 0 aliphatic carbocycles. The second-order valence-electron chi connectivity index (χ2n) is 6.34. The molecule has 7 heteroatoms. The van der Waals surface area contributed by atoms with Crippen molar-refractivity contribution in [2.24, 2.45) is 5.41 Å². The summed E-state index contributed by atoms with van der Waals surface area (Å²) in [5, 5.41) is 0. The van der Waals surface area contributed by atoms with Crippen molar-refractivity contribution in [3.8, 4) is 0 Å². The molecule has 0 aliphatic rings. The van der Waals surface area contributed by atoms with Crippen molar-refractivity contribution in [3.63, 3.8) is 0 Å². The summed E-state index contributed by atoms with van der Waals surface area (Å²) in [5.74, 6) is -2.75. The number of hydrogen-bond donors (Lipinski definition) is 0. The smallest absolute Gasteiger partial charge is 0.330 e. The third-order valence-corrected chi connectivity index (χ3v) is 2.74. The van der Waals surface area contributed by atoms with Gasteiger partial charge in [0.1, 0.15) is 18.2 Å². The lowest BCUT2D eigenvalue weighted by Gasteiger charge is -2.29. The lowest BCUT2D eigenvalue weighted by atomic mass is 9.96. The van der Waals surface area contributed by atoms with Crippen molar-refractivity contribution < 1.29 is 26.7 Å². The lowest BCUT2D eigenvalue weighted by Crippen LogP contribution is -2.42. The zero-order valence-corrected chi connectivity index (χ0v) is 13.0. The number of amides is 1. The predicted octanol–water partition coefficient (Wildman–Crippen LogP) is 4.42. The summed E-state index contributed by atoms with van der Waals surface area (Å²) in [6.07, 6.45) is -2.96. The molecule has 0 aromatic heterocycles. The van der Waals surface area contributed by atoms with Crippen LogP contribution in [0.15, 0.2) is 24.3 Å². The van der Waals surface area contributed by atoms with Gasteiger partial charge in [0.15, 0.2) is 0 Å². The Morgan fingerprint density at radius 3 is 2.04 bits per heavy atom. The molecule has 23 heavy (non-hydrogen) atoms. The largest absolute Gasteiger partial charge is 0.406 e. The van der Waals surface area contributed by atoms with Crippen molar-refractivity contribution in [2.75, 3.05) is 13.1 Å². The maximum absolute atomic E-state index is 13.4. The minimum atomic E-state index is -4.56. The maximum atomic E-state index is 13.4. The molecule has 0 aliphatic heterocycles. The topological polar surface area (TPSA) is 20.3 Å². The molecule has 1 rings (SSSR count). The summed E-state index contributed by atoms with van der Waals surface area (Å²) in [6, 6.07) is 3.14. The van der Waals surface area contributed by atoms with Gasteiger partial charge < -0.3 is 4.90 Å². The highest BCUT2D eigenvalue weighted by Crippen LogP contribution is 2.22. The van der Waals surface area contributed by atoms with E-state index < -0.39 is 41.2 Å². The first-order chi connectivity index (χ1) is 10.4. The Balaban J connectivity index is 2.98. The van der Waals surface area contributed by atoms with Crippen LogP contribution < -0.4 is 0 Å². The molecule has 0 fully saturated rings. The van der Waals surface area contributed by atoms with E-state index in [1.54, 1.807) is 20.8 Å². The van der Waals surface area contributed by atoms with Gasteiger partial charge in [-0.15, -0.1) is 0 Å². The van der Waals surface area contributed by atoms with Crippen molar-refractivity contribution >= 4 is 12.0 Å². The predicted molar refractivity (Wildman–Crippen MR) is 77.5 cm³/mol. The van der Waals surface area contributed by atoms with Crippen LogP contribution >= 0.6 is 0 Å². The molecule has 0 spiro atoms. The van der Waals surface area contributed by atoms with Gasteiger partial charge >= 0.3 is 6.18 Å². The molecule has 1 aromatic rings. The molecule has 0 heterocycles. The molecular formula is C16H18F5NO. The number of benzene rings is 1. The molecule has 1 aromatic carbocycles. The van der Waals surface area contributed by atoms with Crippen LogP contribution in [-0.4, -0.2) is 30.1 Å². The molecular weight excluding hydrogens is 317 g/mol. The van der Waals surface area contributed by atoms with Gasteiger partial charge in [-0.1, -0.05) is 26.8 Å². The van der Waals surface area contributed by atoms with Crippen LogP contribution in [0.1, 0.15) is 26.3 Å². The third-order valence-electron chi connectivity index (χ3n) is 2.74. The highest BCUT2D eigenvalue weighted by Gasteiger charge is 2.34. The number of halogens is 5. The van der Waals surface area contributed by atoms with Crippen LogP contribution in [-0.2, 0) is 4.79 Å². The van der Waals surface area contributed by atoms with Crippen molar-refractivity contribution in [3.05, 3.63) is 41.5 Å². The van der Waals surface area contributed by atoms with Crippen LogP contribution in [0.2, 0.25) is 0 Å². The fraction of sp³-hybridized carbons (Fsp3) is 0.438. The van der Waals surface area contributed by atoms with E-state index in [4.69, 9.17) is 0 Å². The van der Waals surface area contributed by atoms with Gasteiger partial charge in [-0.25, -0.2) is 8.78 Å². The summed E-state index contributed by atoms with van der Waals surface area (Å²) < 4.78 is 64.7. The molecule has 1 amide bonds. The van der Waals surface area contributed by atoms with E-state index in [9.17, 15) is 26.7 Å². The first-order valence-electron chi connectivity index (χ1n) is 6.87. The zero-order chi connectivity index (χ0) is 17.8. The number of hydrogen-bond acceptors (Lipinski definition) is 1. The standard InChI is InChI=1S/C16H18F5NO/c1-15(2,3)9-22(10-16(19,20)21)14(23)8-7-11-12(17)5-4-6-13(11)18/h4-8H,9-10H2,1-3H3/b8-7+. The van der Waals surface area contributed by atoms with E-state index in [-0.39, 0.29) is 6.54 Å². The van der Waals surface area contributed by atoms with E-state index in [1.165, 1.54) is 0 Å². The first-order valence-corrected chi connectivity index (χ1v) is 6.87. The van der Waals surface area contributed by atoms with Gasteiger partial charge in [0.2, 0.25) is 5.91 Å². The van der Waals surface area contributed by atoms with Crippen molar-refractivity contribution in [2.45, 2.75) is 26.9 Å². The average Bonchev–Trinajstić information content (AvgIpc) is 2.33. The summed E-state index contributed by atoms with van der Waals surface area (Å²) in [4.78, 5) is 12.6. The van der Waals surface area contributed by atoms with Crippen molar-refractivity contribution in [1.82, 2.24) is 4.90 Å². The zero-order valence-electron chi connectivity index (χ0n) is 13.0. The third kappa shape index (κ3) is 6.80. The Bertz CT molecular complexity index is 551. The summed E-state index contributed by atoms with van der Waals surface area (Å²) in [6.45, 7) is 3.49. The average molecular weight is 335 g/mol. The SMILES string of the molecule is CC(C)(C)CN(CC(F)(F)F)C(=O)/C=C/c1c(F)cccc1F. The Labute approximate surface area is 131 Å². The number of carbonyl (C=O) groups excluding carboxylic acids is 1. The molecule has 0 unspecified atom stereocenters. The highest BCUT2D eigenvalue weighted by atomic mass is 19.4. The monoisotopic (exact) mass is 335 g/mol. The maximum Gasteiger partial charge on any atom is 0.406 e. The van der Waals surface area contributed by atoms with Crippen LogP contribution in [0.5, 0.6) is 0 Å². The number of rotatable bonds is 4. The van der Waals surface area contributed by atoms with Crippen LogP contribution in [0, 0.1) is 17.0 Å². The molecule has 0 saturated carbocycles. The first kappa shape index (κ1) is 19.1. The van der Waals surface area contributed by atoms with E-state index in [0.29, 0.717) is 4.90 Å². The van der Waals surface area contributed by atoms with Gasteiger partial charge in [-0.05, 0) is 23.6 Å². The molecule has 0 radical (unpaired) electrons. The van der Waals surface area contributed by atoms with E-state index in [0.717, 1.165) is 30.4 Å². The Morgan fingerprint density at radius 2 is 1.61 bits per heavy atom. The summed E-state index contributed by atoms with van der Waals surface area (Å²) in [5.41, 5.74) is -1.03. The second kappa shape index (κ2) is 7.10. The second-order valence-corrected chi connectivity index (χ2v) is 6.34. The Kier molecular flexibility index (Phi) is 5.91. The van der Waals surface area contributed by atoms with E-state index >= 15 is 0 Å². The number of alkyl halides is 3. The molecule has 0 saturated heterocycles. The minimum absolute atomic E-state index is 0.143. The Morgan fingerprint density at radius 1 is 1.09 bits per heavy atom. The Hall–Kier alpha value is -1.92. The van der Waals surface area contributed by atoms with Gasteiger partial charge in [0.05, 0.1) is 0 Å².